The number of rotatable bonds is 6. The first-order chi connectivity index (χ1) is 9.63. The van der Waals surface area contributed by atoms with Gasteiger partial charge in [-0.2, -0.15) is 0 Å². The number of carboxylic acids is 1. The average Bonchev–Trinajstić information content (AvgIpc) is 2.91. The molecule has 106 valence electrons. The fourth-order valence-electron chi connectivity index (χ4n) is 2.05. The fourth-order valence-corrected chi connectivity index (χ4v) is 2.87. The maximum Gasteiger partial charge on any atom is 0.338 e. The normalized spacial score (nSPS) is 10.5. The van der Waals surface area contributed by atoms with Crippen molar-refractivity contribution in [2.45, 2.75) is 18.4 Å². The van der Waals surface area contributed by atoms with Gasteiger partial charge in [0.1, 0.15) is 5.76 Å². The third kappa shape index (κ3) is 3.17. The molecule has 2 rings (SSSR count). The summed E-state index contributed by atoms with van der Waals surface area (Å²) in [6, 6.07) is 9.26. The van der Waals surface area contributed by atoms with E-state index in [0.717, 1.165) is 16.4 Å². The number of carbonyl (C=O) groups is 1. The van der Waals surface area contributed by atoms with Gasteiger partial charge in [-0.25, -0.2) is 4.79 Å². The van der Waals surface area contributed by atoms with Crippen LogP contribution >= 0.6 is 11.8 Å². The van der Waals surface area contributed by atoms with Gasteiger partial charge in [-0.1, -0.05) is 13.0 Å². The standard InChI is InChI=1S/C15H17NO3S/c1-3-20-13-8-4-7-12(14(13)15(17)18)16(2)10-11-6-5-9-19-11/h4-9H,3,10H2,1-2H3,(H,17,18). The Kier molecular flexibility index (Phi) is 4.74. The SMILES string of the molecule is CCSc1cccc(N(C)Cc2ccco2)c1C(=O)O. The van der Waals surface area contributed by atoms with E-state index in [1.165, 1.54) is 11.8 Å². The fraction of sp³-hybridized carbons (Fsp3) is 0.267. The Morgan fingerprint density at radius 3 is 2.75 bits per heavy atom. The van der Waals surface area contributed by atoms with Gasteiger partial charge in [0.05, 0.1) is 24.1 Å². The molecule has 0 saturated carbocycles. The summed E-state index contributed by atoms with van der Waals surface area (Å²) in [5, 5.41) is 9.48. The Bertz CT molecular complexity index is 581. The first kappa shape index (κ1) is 14.5. The van der Waals surface area contributed by atoms with E-state index < -0.39 is 5.97 Å². The lowest BCUT2D eigenvalue weighted by molar-refractivity contribution is 0.0694. The van der Waals surface area contributed by atoms with Gasteiger partial charge in [-0.05, 0) is 30.0 Å². The van der Waals surface area contributed by atoms with Crippen LogP contribution in [0.3, 0.4) is 0 Å². The summed E-state index contributed by atoms with van der Waals surface area (Å²) in [5.41, 5.74) is 1.06. The lowest BCUT2D eigenvalue weighted by Crippen LogP contribution is -2.19. The van der Waals surface area contributed by atoms with Crippen LogP contribution in [0.15, 0.2) is 45.9 Å². The number of nitrogens with zero attached hydrogens (tertiary/aromatic N) is 1. The minimum absolute atomic E-state index is 0.355. The first-order valence-electron chi connectivity index (χ1n) is 6.36. The highest BCUT2D eigenvalue weighted by atomic mass is 32.2. The van der Waals surface area contributed by atoms with Gasteiger partial charge in [-0.15, -0.1) is 11.8 Å². The Labute approximate surface area is 122 Å². The predicted octanol–water partition coefficient (Wildman–Crippen LogP) is 3.73. The molecule has 0 unspecified atom stereocenters. The van der Waals surface area contributed by atoms with Crippen LogP contribution in [0.1, 0.15) is 23.0 Å². The molecule has 1 aromatic heterocycles. The van der Waals surface area contributed by atoms with Gasteiger partial charge in [0.2, 0.25) is 0 Å². The van der Waals surface area contributed by atoms with E-state index in [-0.39, 0.29) is 0 Å². The van der Waals surface area contributed by atoms with Crippen LogP contribution in [0.25, 0.3) is 0 Å². The summed E-state index contributed by atoms with van der Waals surface area (Å²) >= 11 is 1.54. The van der Waals surface area contributed by atoms with Crippen molar-refractivity contribution in [1.29, 1.82) is 0 Å². The molecule has 20 heavy (non-hydrogen) atoms. The Balaban J connectivity index is 2.34. The molecule has 0 bridgehead atoms. The largest absolute Gasteiger partial charge is 0.478 e. The van der Waals surface area contributed by atoms with Crippen LogP contribution in [-0.4, -0.2) is 23.9 Å². The van der Waals surface area contributed by atoms with Crippen LogP contribution in [0.4, 0.5) is 5.69 Å². The minimum Gasteiger partial charge on any atom is -0.478 e. The van der Waals surface area contributed by atoms with E-state index >= 15 is 0 Å². The number of benzene rings is 1. The van der Waals surface area contributed by atoms with Crippen LogP contribution in [0.2, 0.25) is 0 Å². The molecule has 5 heteroatoms. The van der Waals surface area contributed by atoms with Crippen molar-refractivity contribution in [3.63, 3.8) is 0 Å². The van der Waals surface area contributed by atoms with Crippen molar-refractivity contribution < 1.29 is 14.3 Å². The summed E-state index contributed by atoms with van der Waals surface area (Å²) < 4.78 is 5.31. The number of thioether (sulfide) groups is 1. The molecule has 0 radical (unpaired) electrons. The van der Waals surface area contributed by atoms with E-state index in [2.05, 4.69) is 0 Å². The Morgan fingerprint density at radius 1 is 1.35 bits per heavy atom. The maximum absolute atomic E-state index is 11.6. The van der Waals surface area contributed by atoms with Gasteiger partial charge >= 0.3 is 5.97 Å². The van der Waals surface area contributed by atoms with Crippen molar-refractivity contribution in [2.75, 3.05) is 17.7 Å². The summed E-state index contributed by atoms with van der Waals surface area (Å²) in [6.45, 7) is 2.54. The second-order valence-corrected chi connectivity index (χ2v) is 5.63. The highest BCUT2D eigenvalue weighted by Gasteiger charge is 2.18. The molecule has 0 atom stereocenters. The molecule has 4 nitrogen and oxygen atoms in total. The second kappa shape index (κ2) is 6.52. The third-order valence-electron chi connectivity index (χ3n) is 2.90. The summed E-state index contributed by atoms with van der Waals surface area (Å²) in [4.78, 5) is 14.2. The van der Waals surface area contributed by atoms with Crippen LogP contribution < -0.4 is 4.90 Å². The zero-order chi connectivity index (χ0) is 14.5. The van der Waals surface area contributed by atoms with E-state index in [4.69, 9.17) is 4.42 Å². The zero-order valence-electron chi connectivity index (χ0n) is 11.5. The molecule has 0 aliphatic rings. The first-order valence-corrected chi connectivity index (χ1v) is 7.34. The van der Waals surface area contributed by atoms with E-state index in [9.17, 15) is 9.90 Å². The summed E-state index contributed by atoms with van der Waals surface area (Å²) in [7, 11) is 1.87. The highest BCUT2D eigenvalue weighted by molar-refractivity contribution is 7.99. The van der Waals surface area contributed by atoms with Crippen LogP contribution in [0.5, 0.6) is 0 Å². The molecule has 2 aromatic rings. The number of anilines is 1. The van der Waals surface area contributed by atoms with Gasteiger partial charge in [0.25, 0.3) is 0 Å². The van der Waals surface area contributed by atoms with Gasteiger partial charge in [-0.3, -0.25) is 0 Å². The smallest absolute Gasteiger partial charge is 0.338 e. The zero-order valence-corrected chi connectivity index (χ0v) is 12.3. The average molecular weight is 291 g/mol. The topological polar surface area (TPSA) is 53.7 Å². The van der Waals surface area contributed by atoms with E-state index in [0.29, 0.717) is 17.8 Å². The van der Waals surface area contributed by atoms with Gasteiger partial charge in [0.15, 0.2) is 0 Å². The lowest BCUT2D eigenvalue weighted by Gasteiger charge is -2.21. The molecular weight excluding hydrogens is 274 g/mol. The molecule has 1 aromatic carbocycles. The molecule has 0 aliphatic heterocycles. The number of hydrogen-bond donors (Lipinski definition) is 1. The van der Waals surface area contributed by atoms with Crippen LogP contribution in [-0.2, 0) is 6.54 Å². The number of aromatic carboxylic acids is 1. The van der Waals surface area contributed by atoms with E-state index in [1.54, 1.807) is 6.26 Å². The molecule has 0 aliphatic carbocycles. The molecule has 0 amide bonds. The van der Waals surface area contributed by atoms with Gasteiger partial charge < -0.3 is 14.4 Å². The molecule has 1 N–H and O–H groups in total. The lowest BCUT2D eigenvalue weighted by atomic mass is 10.1. The number of furan rings is 1. The van der Waals surface area contributed by atoms with E-state index in [1.807, 2.05) is 49.2 Å². The molecule has 0 saturated heterocycles. The molecular formula is C15H17NO3S. The second-order valence-electron chi connectivity index (χ2n) is 4.32. The van der Waals surface area contributed by atoms with Crippen LogP contribution in [0, 0.1) is 0 Å². The quantitative estimate of drug-likeness (QED) is 0.822. The molecule has 0 fully saturated rings. The van der Waals surface area contributed by atoms with Gasteiger partial charge in [0, 0.05) is 11.9 Å². The van der Waals surface area contributed by atoms with Crippen molar-refractivity contribution in [2.24, 2.45) is 0 Å². The Morgan fingerprint density at radius 2 is 2.15 bits per heavy atom. The molecule has 1 heterocycles. The minimum atomic E-state index is -0.900. The van der Waals surface area contributed by atoms with Crippen molar-refractivity contribution in [3.8, 4) is 0 Å². The van der Waals surface area contributed by atoms with Crippen molar-refractivity contribution in [1.82, 2.24) is 0 Å². The van der Waals surface area contributed by atoms with Crippen molar-refractivity contribution in [3.05, 3.63) is 47.9 Å². The summed E-state index contributed by atoms with van der Waals surface area (Å²) in [5.74, 6) is 0.742. The Hall–Kier alpha value is -1.88. The summed E-state index contributed by atoms with van der Waals surface area (Å²) in [6.07, 6.45) is 1.62. The number of carboxylic acid groups (broad SMARTS) is 1. The number of hydrogen-bond acceptors (Lipinski definition) is 4. The van der Waals surface area contributed by atoms with Crippen molar-refractivity contribution >= 4 is 23.4 Å². The highest BCUT2D eigenvalue weighted by Crippen LogP contribution is 2.31. The monoisotopic (exact) mass is 291 g/mol. The maximum atomic E-state index is 11.6. The third-order valence-corrected chi connectivity index (χ3v) is 3.84. The molecule has 0 spiro atoms. The predicted molar refractivity (Wildman–Crippen MR) is 80.6 cm³/mol.